The van der Waals surface area contributed by atoms with Gasteiger partial charge in [-0.1, -0.05) is 22.8 Å². The van der Waals surface area contributed by atoms with Crippen LogP contribution in [-0.2, 0) is 0 Å². The molecule has 150 valence electrons. The molecule has 8 heteroatoms. The number of nitrogens with zero attached hydrogens (tertiary/aromatic N) is 4. The number of carbonyl (C=O) groups is 1. The highest BCUT2D eigenvalue weighted by atomic mass is 35.5. The SMILES string of the molecule is Cc1nc(-c2ccc(N3CCN(C(=O)Nc4ccc(C)c(Cl)c4)CC3)cc2)no1. The molecule has 0 aliphatic carbocycles. The number of aryl methyl sites for hydroxylation is 2. The lowest BCUT2D eigenvalue weighted by atomic mass is 10.1. The zero-order valence-corrected chi connectivity index (χ0v) is 17.1. The van der Waals surface area contributed by atoms with Crippen LogP contribution in [0.15, 0.2) is 47.0 Å². The number of benzene rings is 2. The number of carbonyl (C=O) groups excluding carboxylic acids is 1. The van der Waals surface area contributed by atoms with Crippen LogP contribution in [0.25, 0.3) is 11.4 Å². The van der Waals surface area contributed by atoms with Gasteiger partial charge in [0.2, 0.25) is 11.7 Å². The molecule has 1 fully saturated rings. The van der Waals surface area contributed by atoms with Crippen LogP contribution in [-0.4, -0.2) is 47.3 Å². The summed E-state index contributed by atoms with van der Waals surface area (Å²) in [5, 5.41) is 7.51. The van der Waals surface area contributed by atoms with Gasteiger partial charge in [0, 0.05) is 55.1 Å². The predicted molar refractivity (Wildman–Crippen MR) is 113 cm³/mol. The summed E-state index contributed by atoms with van der Waals surface area (Å²) in [5.41, 5.74) is 3.72. The van der Waals surface area contributed by atoms with Crippen molar-refractivity contribution >= 4 is 29.0 Å². The second-order valence-corrected chi connectivity index (χ2v) is 7.46. The summed E-state index contributed by atoms with van der Waals surface area (Å²) in [5.74, 6) is 1.14. The van der Waals surface area contributed by atoms with Crippen LogP contribution in [0.3, 0.4) is 0 Å². The molecular weight excluding hydrogens is 390 g/mol. The van der Waals surface area contributed by atoms with Crippen molar-refractivity contribution in [3.63, 3.8) is 0 Å². The molecule has 1 aliphatic rings. The van der Waals surface area contributed by atoms with E-state index in [1.54, 1.807) is 13.0 Å². The van der Waals surface area contributed by atoms with Gasteiger partial charge >= 0.3 is 6.03 Å². The molecule has 0 saturated carbocycles. The quantitative estimate of drug-likeness (QED) is 0.693. The van der Waals surface area contributed by atoms with Crippen LogP contribution in [0.4, 0.5) is 16.2 Å². The fourth-order valence-corrected chi connectivity index (χ4v) is 3.46. The van der Waals surface area contributed by atoms with E-state index in [0.717, 1.165) is 29.9 Å². The minimum absolute atomic E-state index is 0.104. The molecule has 0 radical (unpaired) electrons. The van der Waals surface area contributed by atoms with Crippen molar-refractivity contribution in [1.82, 2.24) is 15.0 Å². The maximum Gasteiger partial charge on any atom is 0.321 e. The predicted octanol–water partition coefficient (Wildman–Crippen LogP) is 4.36. The normalized spacial score (nSPS) is 14.2. The van der Waals surface area contributed by atoms with E-state index in [1.807, 2.05) is 48.2 Å². The van der Waals surface area contributed by atoms with E-state index in [1.165, 1.54) is 0 Å². The molecule has 7 nitrogen and oxygen atoms in total. The number of rotatable bonds is 3. The zero-order chi connectivity index (χ0) is 20.4. The Hall–Kier alpha value is -3.06. The van der Waals surface area contributed by atoms with E-state index in [2.05, 4.69) is 20.4 Å². The Bertz CT molecular complexity index is 1010. The largest absolute Gasteiger partial charge is 0.368 e. The number of anilines is 2. The highest BCUT2D eigenvalue weighted by molar-refractivity contribution is 6.31. The Morgan fingerprint density at radius 1 is 1.07 bits per heavy atom. The molecule has 1 aromatic heterocycles. The van der Waals surface area contributed by atoms with Gasteiger partial charge in [0.1, 0.15) is 0 Å². The van der Waals surface area contributed by atoms with E-state index < -0.39 is 0 Å². The lowest BCUT2D eigenvalue weighted by molar-refractivity contribution is 0.208. The summed E-state index contributed by atoms with van der Waals surface area (Å²) >= 11 is 6.14. The number of hydrogen-bond donors (Lipinski definition) is 1. The number of halogens is 1. The second-order valence-electron chi connectivity index (χ2n) is 7.05. The molecular formula is C21H22ClN5O2. The third-order valence-corrected chi connectivity index (χ3v) is 5.42. The first-order valence-corrected chi connectivity index (χ1v) is 9.85. The van der Waals surface area contributed by atoms with Gasteiger partial charge in [-0.3, -0.25) is 0 Å². The summed E-state index contributed by atoms with van der Waals surface area (Å²) in [6.45, 7) is 6.54. The molecule has 0 bridgehead atoms. The molecule has 0 atom stereocenters. The summed E-state index contributed by atoms with van der Waals surface area (Å²) in [6, 6.07) is 13.5. The molecule has 3 aromatic rings. The van der Waals surface area contributed by atoms with Crippen molar-refractivity contribution in [2.24, 2.45) is 0 Å². The molecule has 0 spiro atoms. The van der Waals surface area contributed by atoms with Crippen molar-refractivity contribution in [2.75, 3.05) is 36.4 Å². The maximum absolute atomic E-state index is 12.5. The first-order chi connectivity index (χ1) is 14.0. The number of hydrogen-bond acceptors (Lipinski definition) is 5. The fraction of sp³-hybridized carbons (Fsp3) is 0.286. The minimum Gasteiger partial charge on any atom is -0.368 e. The number of aromatic nitrogens is 2. The van der Waals surface area contributed by atoms with Crippen LogP contribution in [0.2, 0.25) is 5.02 Å². The van der Waals surface area contributed by atoms with Gasteiger partial charge in [0.25, 0.3) is 0 Å². The third kappa shape index (κ3) is 4.35. The molecule has 1 saturated heterocycles. The van der Waals surface area contributed by atoms with Crippen LogP contribution < -0.4 is 10.2 Å². The number of urea groups is 1. The van der Waals surface area contributed by atoms with Crippen LogP contribution in [0, 0.1) is 13.8 Å². The minimum atomic E-state index is -0.104. The first-order valence-electron chi connectivity index (χ1n) is 9.47. The molecule has 2 heterocycles. The second kappa shape index (κ2) is 8.13. The van der Waals surface area contributed by atoms with Gasteiger partial charge in [-0.05, 0) is 48.9 Å². The molecule has 2 amide bonds. The fourth-order valence-electron chi connectivity index (χ4n) is 3.28. The standard InChI is InChI=1S/C21H22ClN5O2/c1-14-3-6-17(13-19(14)22)24-21(28)27-11-9-26(10-12-27)18-7-4-16(5-8-18)20-23-15(2)29-25-20/h3-8,13H,9-12H2,1-2H3,(H,24,28). The third-order valence-electron chi connectivity index (χ3n) is 5.01. The van der Waals surface area contributed by atoms with Gasteiger partial charge in [0.05, 0.1) is 0 Å². The highest BCUT2D eigenvalue weighted by Gasteiger charge is 2.21. The van der Waals surface area contributed by atoms with Crippen LogP contribution in [0.5, 0.6) is 0 Å². The van der Waals surface area contributed by atoms with Gasteiger partial charge in [-0.2, -0.15) is 4.98 Å². The molecule has 4 rings (SSSR count). The molecule has 0 unspecified atom stereocenters. The van der Waals surface area contributed by atoms with Crippen molar-refractivity contribution in [2.45, 2.75) is 13.8 Å². The van der Waals surface area contributed by atoms with Gasteiger partial charge in [0.15, 0.2) is 0 Å². The number of piperazine rings is 1. The Morgan fingerprint density at radius 2 is 1.79 bits per heavy atom. The Kier molecular flexibility index (Phi) is 5.40. The average Bonchev–Trinajstić information content (AvgIpc) is 3.17. The van der Waals surface area contributed by atoms with Crippen LogP contribution >= 0.6 is 11.6 Å². The Labute approximate surface area is 174 Å². The Balaban J connectivity index is 1.34. The molecule has 2 aromatic carbocycles. The van der Waals surface area contributed by atoms with E-state index in [0.29, 0.717) is 35.5 Å². The molecule has 1 aliphatic heterocycles. The summed E-state index contributed by atoms with van der Waals surface area (Å²) in [7, 11) is 0. The lowest BCUT2D eigenvalue weighted by Gasteiger charge is -2.36. The van der Waals surface area contributed by atoms with E-state index >= 15 is 0 Å². The van der Waals surface area contributed by atoms with Crippen molar-refractivity contribution in [3.05, 3.63) is 58.9 Å². The summed E-state index contributed by atoms with van der Waals surface area (Å²) < 4.78 is 5.03. The Morgan fingerprint density at radius 3 is 2.41 bits per heavy atom. The van der Waals surface area contributed by atoms with Crippen LogP contribution in [0.1, 0.15) is 11.5 Å². The van der Waals surface area contributed by atoms with Crippen molar-refractivity contribution < 1.29 is 9.32 Å². The smallest absolute Gasteiger partial charge is 0.321 e. The van der Waals surface area contributed by atoms with Gasteiger partial charge in [-0.25, -0.2) is 4.79 Å². The highest BCUT2D eigenvalue weighted by Crippen LogP contribution is 2.23. The number of nitrogens with one attached hydrogen (secondary N) is 1. The monoisotopic (exact) mass is 411 g/mol. The van der Waals surface area contributed by atoms with Crippen molar-refractivity contribution in [3.8, 4) is 11.4 Å². The van der Waals surface area contributed by atoms with E-state index in [-0.39, 0.29) is 6.03 Å². The van der Waals surface area contributed by atoms with E-state index in [9.17, 15) is 4.79 Å². The maximum atomic E-state index is 12.5. The first kappa shape index (κ1) is 19.3. The topological polar surface area (TPSA) is 74.5 Å². The molecule has 29 heavy (non-hydrogen) atoms. The average molecular weight is 412 g/mol. The summed E-state index contributed by atoms with van der Waals surface area (Å²) in [4.78, 5) is 20.9. The zero-order valence-electron chi connectivity index (χ0n) is 16.4. The number of amides is 2. The molecule has 1 N–H and O–H groups in total. The van der Waals surface area contributed by atoms with Gasteiger partial charge < -0.3 is 19.6 Å². The lowest BCUT2D eigenvalue weighted by Crippen LogP contribution is -2.50. The van der Waals surface area contributed by atoms with E-state index in [4.69, 9.17) is 16.1 Å². The van der Waals surface area contributed by atoms with Crippen molar-refractivity contribution in [1.29, 1.82) is 0 Å². The summed E-state index contributed by atoms with van der Waals surface area (Å²) in [6.07, 6.45) is 0. The van der Waals surface area contributed by atoms with Gasteiger partial charge in [-0.15, -0.1) is 0 Å².